The number of amides is 1. The molecule has 5 rings (SSSR count). The van der Waals surface area contributed by atoms with Crippen LogP contribution in [0.4, 0.5) is 0 Å². The van der Waals surface area contributed by atoms with E-state index in [0.29, 0.717) is 18.0 Å². The summed E-state index contributed by atoms with van der Waals surface area (Å²) >= 11 is 0. The number of nitrogens with zero attached hydrogens (tertiary/aromatic N) is 2. The maximum Gasteiger partial charge on any atom is 0.244 e. The van der Waals surface area contributed by atoms with Crippen molar-refractivity contribution in [3.63, 3.8) is 0 Å². The predicted octanol–water partition coefficient (Wildman–Crippen LogP) is 5.53. The topological polar surface area (TPSA) is 74.6 Å². The SMILES string of the molecule is COc1ccc(-n2c3ccccc3c3cc(CNC(=O)/C=C/c4cc(OC)ccc4OC)ncc32)cc1. The van der Waals surface area contributed by atoms with E-state index >= 15 is 0 Å². The van der Waals surface area contributed by atoms with Crippen LogP contribution in [0.25, 0.3) is 33.6 Å². The zero-order valence-corrected chi connectivity index (χ0v) is 20.9. The van der Waals surface area contributed by atoms with Crippen molar-refractivity contribution in [2.75, 3.05) is 21.3 Å². The van der Waals surface area contributed by atoms with E-state index < -0.39 is 0 Å². The Labute approximate surface area is 214 Å². The first-order valence-electron chi connectivity index (χ1n) is 11.8. The van der Waals surface area contributed by atoms with Crippen molar-refractivity contribution >= 4 is 33.8 Å². The Morgan fingerprint density at radius 3 is 2.38 bits per heavy atom. The van der Waals surface area contributed by atoms with Gasteiger partial charge in [-0.3, -0.25) is 9.78 Å². The van der Waals surface area contributed by atoms with Crippen molar-refractivity contribution in [2.24, 2.45) is 0 Å². The van der Waals surface area contributed by atoms with Crippen LogP contribution in [-0.4, -0.2) is 36.8 Å². The lowest BCUT2D eigenvalue weighted by Gasteiger charge is -2.09. The molecule has 0 unspecified atom stereocenters. The average molecular weight is 494 g/mol. The Kier molecular flexibility index (Phi) is 6.76. The van der Waals surface area contributed by atoms with Gasteiger partial charge in [-0.05, 0) is 60.7 Å². The van der Waals surface area contributed by atoms with Gasteiger partial charge in [0.2, 0.25) is 5.91 Å². The highest BCUT2D eigenvalue weighted by Crippen LogP contribution is 2.32. The van der Waals surface area contributed by atoms with Gasteiger partial charge in [0.05, 0.1) is 50.8 Å². The number of ether oxygens (including phenoxy) is 3. The third-order valence-corrected chi connectivity index (χ3v) is 6.24. The Hall–Kier alpha value is -4.78. The first-order valence-corrected chi connectivity index (χ1v) is 11.8. The van der Waals surface area contributed by atoms with E-state index in [1.54, 1.807) is 33.5 Å². The lowest BCUT2D eigenvalue weighted by molar-refractivity contribution is -0.116. The molecule has 37 heavy (non-hydrogen) atoms. The summed E-state index contributed by atoms with van der Waals surface area (Å²) in [7, 11) is 4.85. The molecule has 0 aliphatic carbocycles. The number of carbonyl (C=O) groups is 1. The van der Waals surface area contributed by atoms with Gasteiger partial charge >= 0.3 is 0 Å². The summed E-state index contributed by atoms with van der Waals surface area (Å²) in [4.78, 5) is 17.2. The van der Waals surface area contributed by atoms with Crippen LogP contribution in [0.15, 0.2) is 85.1 Å². The molecular formula is C30H27N3O4. The molecule has 3 aromatic carbocycles. The van der Waals surface area contributed by atoms with E-state index in [1.165, 1.54) is 6.08 Å². The number of aromatic nitrogens is 2. The third-order valence-electron chi connectivity index (χ3n) is 6.24. The monoisotopic (exact) mass is 493 g/mol. The van der Waals surface area contributed by atoms with Crippen LogP contribution in [0, 0.1) is 0 Å². The molecule has 0 aliphatic heterocycles. The molecule has 0 fully saturated rings. The number of nitrogens with one attached hydrogen (secondary N) is 1. The number of benzene rings is 3. The second kappa shape index (κ2) is 10.5. The fraction of sp³-hybridized carbons (Fsp3) is 0.133. The molecule has 1 N–H and O–H groups in total. The zero-order chi connectivity index (χ0) is 25.8. The van der Waals surface area contributed by atoms with Gasteiger partial charge in [-0.15, -0.1) is 0 Å². The van der Waals surface area contributed by atoms with Gasteiger partial charge in [-0.25, -0.2) is 0 Å². The number of hydrogen-bond donors (Lipinski definition) is 1. The van der Waals surface area contributed by atoms with Gasteiger partial charge in [0.15, 0.2) is 0 Å². The molecule has 5 aromatic rings. The maximum absolute atomic E-state index is 12.5. The Balaban J connectivity index is 1.39. The van der Waals surface area contributed by atoms with E-state index in [1.807, 2.05) is 60.8 Å². The van der Waals surface area contributed by atoms with Gasteiger partial charge in [-0.1, -0.05) is 18.2 Å². The number of rotatable bonds is 8. The average Bonchev–Trinajstić information content (AvgIpc) is 3.28. The molecule has 0 spiro atoms. The van der Waals surface area contributed by atoms with Crippen molar-refractivity contribution in [3.05, 3.63) is 96.3 Å². The van der Waals surface area contributed by atoms with E-state index in [2.05, 4.69) is 27.0 Å². The third kappa shape index (κ3) is 4.84. The minimum atomic E-state index is -0.229. The standard InChI is InChI=1S/C30H27N3O4/c1-35-23-11-9-22(10-12-23)33-27-7-5-4-6-25(27)26-17-21(31-19-28(26)33)18-32-30(34)15-8-20-16-24(36-2)13-14-29(20)37-3/h4-17,19H,18H2,1-3H3,(H,32,34)/b15-8+. The second-order valence-corrected chi connectivity index (χ2v) is 8.40. The summed E-state index contributed by atoms with van der Waals surface area (Å²) in [5.41, 5.74) is 4.62. The molecule has 2 heterocycles. The highest BCUT2D eigenvalue weighted by Gasteiger charge is 2.13. The van der Waals surface area contributed by atoms with Gasteiger partial charge in [0.1, 0.15) is 17.2 Å². The first kappa shape index (κ1) is 23.9. The van der Waals surface area contributed by atoms with Crippen LogP contribution in [0.5, 0.6) is 17.2 Å². The molecular weight excluding hydrogens is 466 g/mol. The lowest BCUT2D eigenvalue weighted by Crippen LogP contribution is -2.20. The fourth-order valence-electron chi connectivity index (χ4n) is 4.39. The fourth-order valence-corrected chi connectivity index (χ4v) is 4.39. The van der Waals surface area contributed by atoms with Crippen molar-refractivity contribution in [1.29, 1.82) is 0 Å². The summed E-state index contributed by atoms with van der Waals surface area (Å²) in [6.45, 7) is 0.302. The summed E-state index contributed by atoms with van der Waals surface area (Å²) < 4.78 is 18.1. The summed E-state index contributed by atoms with van der Waals surface area (Å²) in [6, 6.07) is 23.7. The molecule has 186 valence electrons. The molecule has 0 saturated heterocycles. The number of hydrogen-bond acceptors (Lipinski definition) is 5. The van der Waals surface area contributed by atoms with Crippen LogP contribution >= 0.6 is 0 Å². The Bertz CT molecular complexity index is 1600. The predicted molar refractivity (Wildman–Crippen MR) is 146 cm³/mol. The van der Waals surface area contributed by atoms with Crippen molar-refractivity contribution in [1.82, 2.24) is 14.9 Å². The molecule has 7 heteroatoms. The summed E-state index contributed by atoms with van der Waals surface area (Å²) in [5, 5.41) is 5.11. The van der Waals surface area contributed by atoms with Crippen molar-refractivity contribution in [3.8, 4) is 22.9 Å². The second-order valence-electron chi connectivity index (χ2n) is 8.40. The smallest absolute Gasteiger partial charge is 0.244 e. The van der Waals surface area contributed by atoms with E-state index in [9.17, 15) is 4.79 Å². The first-order chi connectivity index (χ1) is 18.1. The molecule has 0 atom stereocenters. The van der Waals surface area contributed by atoms with Crippen molar-refractivity contribution in [2.45, 2.75) is 6.54 Å². The molecule has 1 amide bonds. The molecule has 0 aliphatic rings. The summed E-state index contributed by atoms with van der Waals surface area (Å²) in [6.07, 6.45) is 5.04. The molecule has 0 radical (unpaired) electrons. The van der Waals surface area contributed by atoms with Crippen LogP contribution in [-0.2, 0) is 11.3 Å². The number of fused-ring (bicyclic) bond motifs is 3. The van der Waals surface area contributed by atoms with Crippen LogP contribution in [0.1, 0.15) is 11.3 Å². The number of pyridine rings is 1. The largest absolute Gasteiger partial charge is 0.497 e. The molecule has 7 nitrogen and oxygen atoms in total. The quantitative estimate of drug-likeness (QED) is 0.288. The highest BCUT2D eigenvalue weighted by molar-refractivity contribution is 6.09. The van der Waals surface area contributed by atoms with Crippen LogP contribution in [0.2, 0.25) is 0 Å². The van der Waals surface area contributed by atoms with Crippen LogP contribution in [0.3, 0.4) is 0 Å². The van der Waals surface area contributed by atoms with E-state index in [4.69, 9.17) is 14.2 Å². The Morgan fingerprint density at radius 2 is 1.62 bits per heavy atom. The zero-order valence-electron chi connectivity index (χ0n) is 20.9. The normalized spacial score (nSPS) is 11.2. The van der Waals surface area contributed by atoms with Gasteiger partial charge in [-0.2, -0.15) is 0 Å². The summed E-state index contributed by atoms with van der Waals surface area (Å²) in [5.74, 6) is 1.92. The van der Waals surface area contributed by atoms with Gasteiger partial charge < -0.3 is 24.1 Å². The maximum atomic E-state index is 12.5. The van der Waals surface area contributed by atoms with Crippen LogP contribution < -0.4 is 19.5 Å². The van der Waals surface area contributed by atoms with Gasteiger partial charge in [0.25, 0.3) is 0 Å². The number of carbonyl (C=O) groups excluding carboxylic acids is 1. The minimum absolute atomic E-state index is 0.229. The highest BCUT2D eigenvalue weighted by atomic mass is 16.5. The molecule has 0 saturated carbocycles. The molecule has 0 bridgehead atoms. The van der Waals surface area contributed by atoms with Crippen molar-refractivity contribution < 1.29 is 19.0 Å². The minimum Gasteiger partial charge on any atom is -0.497 e. The Morgan fingerprint density at radius 1 is 0.865 bits per heavy atom. The van der Waals surface area contributed by atoms with Gasteiger partial charge in [0, 0.05) is 28.1 Å². The lowest BCUT2D eigenvalue weighted by atomic mass is 10.1. The number of methoxy groups -OCH3 is 3. The van der Waals surface area contributed by atoms with E-state index in [-0.39, 0.29) is 5.91 Å². The molecule has 2 aromatic heterocycles. The number of para-hydroxylation sites is 1. The van der Waals surface area contributed by atoms with E-state index in [0.717, 1.165) is 44.5 Å².